The zero-order valence-corrected chi connectivity index (χ0v) is 10.1. The van der Waals surface area contributed by atoms with Gasteiger partial charge in [-0.05, 0) is 24.1 Å². The van der Waals surface area contributed by atoms with Gasteiger partial charge >= 0.3 is 0 Å². The molecule has 1 atom stereocenters. The standard InChI is InChI=1S/C14H16FNO/c1-4-8-16(3)14(17)11(2)9-12-6-5-7-13(15)10-12/h1,5-7,10-11H,8-9H2,2-3H3/t11-/m0/s1. The Hall–Kier alpha value is -1.82. The lowest BCUT2D eigenvalue weighted by Gasteiger charge is -2.19. The van der Waals surface area contributed by atoms with Crippen LogP contribution in [0.3, 0.4) is 0 Å². The molecule has 1 amide bonds. The lowest BCUT2D eigenvalue weighted by Crippen LogP contribution is -2.32. The second-order valence-corrected chi connectivity index (χ2v) is 4.13. The zero-order chi connectivity index (χ0) is 12.8. The second kappa shape index (κ2) is 6.05. The van der Waals surface area contributed by atoms with Crippen molar-refractivity contribution in [1.29, 1.82) is 0 Å². The summed E-state index contributed by atoms with van der Waals surface area (Å²) in [5.41, 5.74) is 0.819. The van der Waals surface area contributed by atoms with Crippen molar-refractivity contribution in [2.75, 3.05) is 13.6 Å². The van der Waals surface area contributed by atoms with Crippen molar-refractivity contribution in [3.63, 3.8) is 0 Å². The molecule has 1 rings (SSSR count). The lowest BCUT2D eigenvalue weighted by atomic mass is 10.00. The maximum atomic E-state index is 13.0. The van der Waals surface area contributed by atoms with Crippen molar-refractivity contribution in [1.82, 2.24) is 4.90 Å². The van der Waals surface area contributed by atoms with E-state index in [1.807, 2.05) is 13.0 Å². The summed E-state index contributed by atoms with van der Waals surface area (Å²) < 4.78 is 13.0. The molecule has 1 aromatic rings. The average molecular weight is 233 g/mol. The highest BCUT2D eigenvalue weighted by atomic mass is 19.1. The summed E-state index contributed by atoms with van der Waals surface area (Å²) in [5, 5.41) is 0. The summed E-state index contributed by atoms with van der Waals surface area (Å²) in [5.74, 6) is 1.92. The van der Waals surface area contributed by atoms with Crippen molar-refractivity contribution in [2.24, 2.45) is 5.92 Å². The largest absolute Gasteiger partial charge is 0.334 e. The van der Waals surface area contributed by atoms with Crippen LogP contribution in [0.1, 0.15) is 12.5 Å². The summed E-state index contributed by atoms with van der Waals surface area (Å²) in [6, 6.07) is 6.30. The van der Waals surface area contributed by atoms with Gasteiger partial charge < -0.3 is 4.90 Å². The van der Waals surface area contributed by atoms with Gasteiger partial charge in [-0.15, -0.1) is 6.42 Å². The molecule has 0 saturated carbocycles. The molecule has 0 aliphatic rings. The van der Waals surface area contributed by atoms with Crippen molar-refractivity contribution in [3.8, 4) is 12.3 Å². The third-order valence-corrected chi connectivity index (χ3v) is 2.56. The van der Waals surface area contributed by atoms with E-state index in [0.717, 1.165) is 5.56 Å². The van der Waals surface area contributed by atoms with E-state index >= 15 is 0 Å². The molecule has 0 saturated heterocycles. The fourth-order valence-corrected chi connectivity index (χ4v) is 1.70. The molecule has 0 bridgehead atoms. The molecule has 1 aromatic carbocycles. The number of hydrogen-bond acceptors (Lipinski definition) is 1. The van der Waals surface area contributed by atoms with Crippen LogP contribution in [-0.2, 0) is 11.2 Å². The lowest BCUT2D eigenvalue weighted by molar-refractivity contribution is -0.133. The molecule has 0 heterocycles. The predicted octanol–water partition coefficient (Wildman–Crippen LogP) is 2.10. The van der Waals surface area contributed by atoms with E-state index < -0.39 is 0 Å². The van der Waals surface area contributed by atoms with E-state index in [9.17, 15) is 9.18 Å². The molecule has 0 unspecified atom stereocenters. The maximum absolute atomic E-state index is 13.0. The minimum atomic E-state index is -0.279. The molecule has 90 valence electrons. The van der Waals surface area contributed by atoms with Crippen molar-refractivity contribution in [3.05, 3.63) is 35.6 Å². The van der Waals surface area contributed by atoms with E-state index in [4.69, 9.17) is 6.42 Å². The summed E-state index contributed by atoms with van der Waals surface area (Å²) in [7, 11) is 1.67. The number of terminal acetylenes is 1. The molecule has 17 heavy (non-hydrogen) atoms. The van der Waals surface area contributed by atoms with Crippen LogP contribution in [0.4, 0.5) is 4.39 Å². The fraction of sp³-hybridized carbons (Fsp3) is 0.357. The first-order chi connectivity index (χ1) is 8.04. The number of hydrogen-bond donors (Lipinski definition) is 0. The molecule has 0 aromatic heterocycles. The highest BCUT2D eigenvalue weighted by molar-refractivity contribution is 5.78. The van der Waals surface area contributed by atoms with Crippen LogP contribution in [0, 0.1) is 24.1 Å². The van der Waals surface area contributed by atoms with Crippen LogP contribution >= 0.6 is 0 Å². The number of carbonyl (C=O) groups excluding carboxylic acids is 1. The van der Waals surface area contributed by atoms with Crippen LogP contribution in [0.2, 0.25) is 0 Å². The highest BCUT2D eigenvalue weighted by Gasteiger charge is 2.17. The molecule has 0 N–H and O–H groups in total. The highest BCUT2D eigenvalue weighted by Crippen LogP contribution is 2.12. The number of amides is 1. The van der Waals surface area contributed by atoms with Gasteiger partial charge in [-0.25, -0.2) is 4.39 Å². The van der Waals surface area contributed by atoms with Crippen LogP contribution in [-0.4, -0.2) is 24.4 Å². The molecule has 2 nitrogen and oxygen atoms in total. The van der Waals surface area contributed by atoms with E-state index in [1.165, 1.54) is 17.0 Å². The van der Waals surface area contributed by atoms with Gasteiger partial charge in [-0.1, -0.05) is 25.0 Å². The Morgan fingerprint density at radius 2 is 2.29 bits per heavy atom. The number of halogens is 1. The SMILES string of the molecule is C#CCN(C)C(=O)[C@@H](C)Cc1cccc(F)c1. The van der Waals surface area contributed by atoms with Gasteiger partial charge in [0, 0.05) is 13.0 Å². The smallest absolute Gasteiger partial charge is 0.226 e. The Morgan fingerprint density at radius 3 is 2.88 bits per heavy atom. The Kier molecular flexibility index (Phi) is 4.71. The minimum absolute atomic E-state index is 0.0211. The normalized spacial score (nSPS) is 11.6. The van der Waals surface area contributed by atoms with Gasteiger partial charge in [0.15, 0.2) is 0 Å². The molecule has 0 aliphatic heterocycles. The second-order valence-electron chi connectivity index (χ2n) is 4.13. The van der Waals surface area contributed by atoms with Gasteiger partial charge in [-0.3, -0.25) is 4.79 Å². The van der Waals surface area contributed by atoms with E-state index in [-0.39, 0.29) is 17.6 Å². The molecule has 0 fully saturated rings. The third kappa shape index (κ3) is 3.92. The molecule has 3 heteroatoms. The van der Waals surface area contributed by atoms with Gasteiger partial charge in [0.25, 0.3) is 0 Å². The summed E-state index contributed by atoms with van der Waals surface area (Å²) in [4.78, 5) is 13.4. The molecule has 0 spiro atoms. The third-order valence-electron chi connectivity index (χ3n) is 2.56. The number of rotatable bonds is 4. The molecule has 0 aliphatic carbocycles. The Morgan fingerprint density at radius 1 is 1.59 bits per heavy atom. The van der Waals surface area contributed by atoms with Crippen molar-refractivity contribution in [2.45, 2.75) is 13.3 Å². The molecule has 0 radical (unpaired) electrons. The first kappa shape index (κ1) is 13.2. The van der Waals surface area contributed by atoms with Crippen molar-refractivity contribution >= 4 is 5.91 Å². The van der Waals surface area contributed by atoms with Gasteiger partial charge in [0.1, 0.15) is 5.82 Å². The first-order valence-electron chi connectivity index (χ1n) is 5.47. The molecular formula is C14H16FNO. The van der Waals surface area contributed by atoms with Crippen LogP contribution in [0.15, 0.2) is 24.3 Å². The summed E-state index contributed by atoms with van der Waals surface area (Å²) in [6.07, 6.45) is 5.67. The Labute approximate surface area is 101 Å². The zero-order valence-electron chi connectivity index (χ0n) is 10.1. The Bertz CT molecular complexity index is 436. The number of benzene rings is 1. The molecular weight excluding hydrogens is 217 g/mol. The monoisotopic (exact) mass is 233 g/mol. The van der Waals surface area contributed by atoms with Gasteiger partial charge in [0.05, 0.1) is 6.54 Å². The Balaban J connectivity index is 2.63. The first-order valence-corrected chi connectivity index (χ1v) is 5.47. The minimum Gasteiger partial charge on any atom is -0.334 e. The topological polar surface area (TPSA) is 20.3 Å². The van der Waals surface area contributed by atoms with Gasteiger partial charge in [-0.2, -0.15) is 0 Å². The number of carbonyl (C=O) groups is 1. The van der Waals surface area contributed by atoms with Crippen LogP contribution in [0.5, 0.6) is 0 Å². The maximum Gasteiger partial charge on any atom is 0.226 e. The summed E-state index contributed by atoms with van der Waals surface area (Å²) in [6.45, 7) is 2.12. The summed E-state index contributed by atoms with van der Waals surface area (Å²) >= 11 is 0. The van der Waals surface area contributed by atoms with Crippen LogP contribution < -0.4 is 0 Å². The number of nitrogens with zero attached hydrogens (tertiary/aromatic N) is 1. The predicted molar refractivity (Wildman–Crippen MR) is 65.7 cm³/mol. The van der Waals surface area contributed by atoms with Crippen molar-refractivity contribution < 1.29 is 9.18 Å². The van der Waals surface area contributed by atoms with E-state index in [2.05, 4.69) is 5.92 Å². The van der Waals surface area contributed by atoms with E-state index in [1.54, 1.807) is 13.1 Å². The quantitative estimate of drug-likeness (QED) is 0.729. The average Bonchev–Trinajstić information content (AvgIpc) is 2.28. The van der Waals surface area contributed by atoms with E-state index in [0.29, 0.717) is 13.0 Å². The van der Waals surface area contributed by atoms with Crippen LogP contribution in [0.25, 0.3) is 0 Å². The van der Waals surface area contributed by atoms with Gasteiger partial charge in [0.2, 0.25) is 5.91 Å². The fourth-order valence-electron chi connectivity index (χ4n) is 1.70.